The zero-order chi connectivity index (χ0) is 18.8. The van der Waals surface area contributed by atoms with Crippen LogP contribution in [0.3, 0.4) is 0 Å². The number of ether oxygens (including phenoxy) is 1. The van der Waals surface area contributed by atoms with Crippen LogP contribution in [0.5, 0.6) is 5.75 Å². The number of aromatic nitrogens is 2. The molecule has 4 nitrogen and oxygen atoms in total. The van der Waals surface area contributed by atoms with Gasteiger partial charge in [-0.25, -0.2) is 4.98 Å². The SMILES string of the molecule is CCn1c(SCc2ccc(OC)cc2)nc2scc(-c3cccs3)c2c1=O. The van der Waals surface area contributed by atoms with Crippen LogP contribution >= 0.6 is 34.4 Å². The van der Waals surface area contributed by atoms with Crippen molar-refractivity contribution in [1.82, 2.24) is 9.55 Å². The van der Waals surface area contributed by atoms with E-state index in [1.54, 1.807) is 34.8 Å². The highest BCUT2D eigenvalue weighted by molar-refractivity contribution is 7.98. The van der Waals surface area contributed by atoms with Crippen molar-refractivity contribution < 1.29 is 4.74 Å². The first-order valence-electron chi connectivity index (χ1n) is 8.53. The molecule has 0 aliphatic rings. The molecular formula is C20H18N2O2S3. The monoisotopic (exact) mass is 414 g/mol. The zero-order valence-corrected chi connectivity index (χ0v) is 17.4. The summed E-state index contributed by atoms with van der Waals surface area (Å²) in [5, 5.41) is 5.58. The van der Waals surface area contributed by atoms with Gasteiger partial charge in [-0.15, -0.1) is 22.7 Å². The summed E-state index contributed by atoms with van der Waals surface area (Å²) in [5.74, 6) is 1.60. The van der Waals surface area contributed by atoms with E-state index in [0.29, 0.717) is 6.54 Å². The summed E-state index contributed by atoms with van der Waals surface area (Å²) in [7, 11) is 1.66. The second-order valence-corrected chi connectivity index (χ2v) is 8.64. The topological polar surface area (TPSA) is 44.1 Å². The molecule has 138 valence electrons. The number of methoxy groups -OCH3 is 1. The van der Waals surface area contributed by atoms with Crippen LogP contribution in [0.2, 0.25) is 0 Å². The highest BCUT2D eigenvalue weighted by atomic mass is 32.2. The normalized spacial score (nSPS) is 11.2. The standard InChI is InChI=1S/C20H18N2O2S3/c1-3-22-19(23)17-15(16-5-4-10-25-16)12-26-18(17)21-20(22)27-11-13-6-8-14(24-2)9-7-13/h4-10,12H,3,11H2,1-2H3. The number of hydrogen-bond donors (Lipinski definition) is 0. The van der Waals surface area contributed by atoms with Gasteiger partial charge in [0.1, 0.15) is 10.6 Å². The zero-order valence-electron chi connectivity index (χ0n) is 15.0. The highest BCUT2D eigenvalue weighted by Gasteiger charge is 2.17. The Kier molecular flexibility index (Phi) is 5.33. The lowest BCUT2D eigenvalue weighted by Gasteiger charge is -2.10. The quantitative estimate of drug-likeness (QED) is 0.308. The van der Waals surface area contributed by atoms with E-state index < -0.39 is 0 Å². The predicted molar refractivity (Wildman–Crippen MR) is 115 cm³/mol. The molecule has 0 radical (unpaired) electrons. The van der Waals surface area contributed by atoms with E-state index in [-0.39, 0.29) is 5.56 Å². The Labute approximate surface area is 169 Å². The molecule has 1 aromatic carbocycles. The van der Waals surface area contributed by atoms with Crippen LogP contribution in [-0.2, 0) is 12.3 Å². The Balaban J connectivity index is 1.69. The van der Waals surface area contributed by atoms with Crippen LogP contribution in [0.1, 0.15) is 12.5 Å². The molecule has 3 heterocycles. The molecule has 0 N–H and O–H groups in total. The first kappa shape index (κ1) is 18.3. The number of hydrogen-bond acceptors (Lipinski definition) is 6. The molecule has 0 saturated carbocycles. The van der Waals surface area contributed by atoms with Gasteiger partial charge in [-0.2, -0.15) is 0 Å². The molecule has 0 spiro atoms. The summed E-state index contributed by atoms with van der Waals surface area (Å²) in [6, 6.07) is 12.0. The molecule has 0 bridgehead atoms. The van der Waals surface area contributed by atoms with E-state index in [1.807, 2.05) is 54.1 Å². The predicted octanol–water partition coefficient (Wildman–Crippen LogP) is 5.51. The molecule has 4 rings (SSSR count). The lowest BCUT2D eigenvalue weighted by Crippen LogP contribution is -2.22. The van der Waals surface area contributed by atoms with Gasteiger partial charge in [0.25, 0.3) is 5.56 Å². The third-order valence-corrected chi connectivity index (χ3v) is 7.11. The minimum absolute atomic E-state index is 0.0457. The molecule has 0 aliphatic carbocycles. The number of fused-ring (bicyclic) bond motifs is 1. The van der Waals surface area contributed by atoms with E-state index in [9.17, 15) is 4.79 Å². The fourth-order valence-corrected chi connectivity index (χ4v) is 5.70. The second kappa shape index (κ2) is 7.88. The average Bonchev–Trinajstić information content (AvgIpc) is 3.36. The molecule has 0 atom stereocenters. The first-order chi connectivity index (χ1) is 13.2. The minimum atomic E-state index is 0.0457. The Hall–Kier alpha value is -2.09. The summed E-state index contributed by atoms with van der Waals surface area (Å²) in [5.41, 5.74) is 2.21. The molecule has 27 heavy (non-hydrogen) atoms. The number of nitrogens with zero attached hydrogens (tertiary/aromatic N) is 2. The van der Waals surface area contributed by atoms with Gasteiger partial charge in [0.2, 0.25) is 0 Å². The maximum atomic E-state index is 13.2. The molecule has 0 fully saturated rings. The largest absolute Gasteiger partial charge is 0.497 e. The van der Waals surface area contributed by atoms with Crippen LogP contribution in [0.25, 0.3) is 20.7 Å². The number of rotatable bonds is 6. The Morgan fingerprint density at radius 3 is 2.67 bits per heavy atom. The van der Waals surface area contributed by atoms with Crippen LogP contribution in [0.15, 0.2) is 57.1 Å². The molecule has 7 heteroatoms. The van der Waals surface area contributed by atoms with Gasteiger partial charge in [-0.05, 0) is 36.1 Å². The summed E-state index contributed by atoms with van der Waals surface area (Å²) in [6.45, 7) is 2.59. The maximum absolute atomic E-state index is 13.2. The van der Waals surface area contributed by atoms with E-state index in [1.165, 1.54) is 16.9 Å². The maximum Gasteiger partial charge on any atom is 0.263 e. The number of benzene rings is 1. The minimum Gasteiger partial charge on any atom is -0.497 e. The fraction of sp³-hybridized carbons (Fsp3) is 0.200. The molecule has 0 aliphatic heterocycles. The highest BCUT2D eigenvalue weighted by Crippen LogP contribution is 2.35. The molecule has 0 saturated heterocycles. The lowest BCUT2D eigenvalue weighted by molar-refractivity contribution is 0.414. The van der Waals surface area contributed by atoms with Gasteiger partial charge in [0, 0.05) is 28.1 Å². The van der Waals surface area contributed by atoms with Gasteiger partial charge < -0.3 is 4.74 Å². The van der Waals surface area contributed by atoms with Crippen molar-refractivity contribution in [3.8, 4) is 16.2 Å². The lowest BCUT2D eigenvalue weighted by atomic mass is 10.2. The summed E-state index contributed by atoms with van der Waals surface area (Å²) >= 11 is 4.78. The third-order valence-electron chi connectivity index (χ3n) is 4.29. The van der Waals surface area contributed by atoms with Gasteiger partial charge in [-0.1, -0.05) is 30.0 Å². The van der Waals surface area contributed by atoms with Crippen molar-refractivity contribution in [1.29, 1.82) is 0 Å². The molecule has 0 unspecified atom stereocenters. The molecule has 4 aromatic rings. The van der Waals surface area contributed by atoms with Gasteiger partial charge in [-0.3, -0.25) is 9.36 Å². The summed E-state index contributed by atoms with van der Waals surface area (Å²) < 4.78 is 6.98. The number of thioether (sulfide) groups is 1. The molecule has 0 amide bonds. The van der Waals surface area contributed by atoms with Crippen LogP contribution in [0, 0.1) is 0 Å². The van der Waals surface area contributed by atoms with Crippen LogP contribution in [-0.4, -0.2) is 16.7 Å². The Morgan fingerprint density at radius 2 is 2.00 bits per heavy atom. The Morgan fingerprint density at radius 1 is 1.19 bits per heavy atom. The van der Waals surface area contributed by atoms with Crippen molar-refractivity contribution in [2.45, 2.75) is 24.4 Å². The van der Waals surface area contributed by atoms with Crippen molar-refractivity contribution >= 4 is 44.7 Å². The van der Waals surface area contributed by atoms with E-state index in [2.05, 4.69) is 0 Å². The van der Waals surface area contributed by atoms with E-state index in [0.717, 1.165) is 37.3 Å². The van der Waals surface area contributed by atoms with E-state index in [4.69, 9.17) is 9.72 Å². The second-order valence-electron chi connectivity index (χ2n) is 5.89. The van der Waals surface area contributed by atoms with E-state index >= 15 is 0 Å². The smallest absolute Gasteiger partial charge is 0.263 e. The van der Waals surface area contributed by atoms with Crippen LogP contribution < -0.4 is 10.3 Å². The third kappa shape index (κ3) is 3.54. The van der Waals surface area contributed by atoms with Gasteiger partial charge >= 0.3 is 0 Å². The van der Waals surface area contributed by atoms with Crippen molar-refractivity contribution in [2.75, 3.05) is 7.11 Å². The van der Waals surface area contributed by atoms with Crippen molar-refractivity contribution in [3.63, 3.8) is 0 Å². The summed E-state index contributed by atoms with van der Waals surface area (Å²) in [6.07, 6.45) is 0. The van der Waals surface area contributed by atoms with Crippen molar-refractivity contribution in [2.24, 2.45) is 0 Å². The fourth-order valence-electron chi connectivity index (χ4n) is 2.88. The van der Waals surface area contributed by atoms with Gasteiger partial charge in [0.05, 0.1) is 12.5 Å². The Bertz CT molecular complexity index is 1110. The van der Waals surface area contributed by atoms with Crippen molar-refractivity contribution in [3.05, 3.63) is 63.1 Å². The van der Waals surface area contributed by atoms with Gasteiger partial charge in [0.15, 0.2) is 5.16 Å². The average molecular weight is 415 g/mol. The number of thiophene rings is 2. The first-order valence-corrected chi connectivity index (χ1v) is 11.3. The summed E-state index contributed by atoms with van der Waals surface area (Å²) in [4.78, 5) is 19.9. The van der Waals surface area contributed by atoms with Crippen LogP contribution in [0.4, 0.5) is 0 Å². The molecule has 3 aromatic heterocycles. The molecular weight excluding hydrogens is 396 g/mol.